The van der Waals surface area contributed by atoms with E-state index in [2.05, 4.69) is 15.9 Å². The first-order chi connectivity index (χ1) is 8.08. The predicted molar refractivity (Wildman–Crippen MR) is 69.0 cm³/mol. The lowest BCUT2D eigenvalue weighted by Crippen LogP contribution is -2.26. The molecule has 1 aromatic rings. The zero-order valence-electron chi connectivity index (χ0n) is 9.65. The SMILES string of the molecule is CCCC(Oc1ccc(CN)cc1Br)C(=O)O. The molecule has 0 saturated heterocycles. The Morgan fingerprint density at radius 1 is 1.59 bits per heavy atom. The number of aliphatic carboxylic acids is 1. The van der Waals surface area contributed by atoms with E-state index in [9.17, 15) is 4.79 Å². The third kappa shape index (κ3) is 4.02. The fourth-order valence-corrected chi connectivity index (χ4v) is 1.93. The molecule has 1 rings (SSSR count). The van der Waals surface area contributed by atoms with Crippen molar-refractivity contribution in [1.29, 1.82) is 0 Å². The van der Waals surface area contributed by atoms with E-state index in [1.165, 1.54) is 0 Å². The third-order valence-corrected chi connectivity index (χ3v) is 2.95. The van der Waals surface area contributed by atoms with E-state index >= 15 is 0 Å². The maximum atomic E-state index is 11.0. The molecule has 0 aliphatic carbocycles. The molecule has 0 bridgehead atoms. The molecule has 0 radical (unpaired) electrons. The molecule has 94 valence electrons. The summed E-state index contributed by atoms with van der Waals surface area (Å²) in [5.41, 5.74) is 6.47. The number of rotatable bonds is 6. The van der Waals surface area contributed by atoms with E-state index < -0.39 is 12.1 Å². The Hall–Kier alpha value is -1.07. The number of hydrogen-bond acceptors (Lipinski definition) is 3. The Bertz CT molecular complexity index is 395. The van der Waals surface area contributed by atoms with Crippen molar-refractivity contribution in [3.05, 3.63) is 28.2 Å². The summed E-state index contributed by atoms with van der Waals surface area (Å²) >= 11 is 3.34. The maximum Gasteiger partial charge on any atom is 0.344 e. The topological polar surface area (TPSA) is 72.5 Å². The van der Waals surface area contributed by atoms with Crippen molar-refractivity contribution >= 4 is 21.9 Å². The average Bonchev–Trinajstić information content (AvgIpc) is 2.30. The quantitative estimate of drug-likeness (QED) is 0.847. The number of hydrogen-bond donors (Lipinski definition) is 2. The van der Waals surface area contributed by atoms with E-state index in [4.69, 9.17) is 15.6 Å². The highest BCUT2D eigenvalue weighted by atomic mass is 79.9. The van der Waals surface area contributed by atoms with Gasteiger partial charge >= 0.3 is 5.97 Å². The number of benzene rings is 1. The molecule has 17 heavy (non-hydrogen) atoms. The lowest BCUT2D eigenvalue weighted by Gasteiger charge is -2.15. The van der Waals surface area contributed by atoms with Crippen molar-refractivity contribution in [3.63, 3.8) is 0 Å². The van der Waals surface area contributed by atoms with Crippen molar-refractivity contribution in [3.8, 4) is 5.75 Å². The van der Waals surface area contributed by atoms with E-state index in [0.29, 0.717) is 18.7 Å². The van der Waals surface area contributed by atoms with Crippen LogP contribution in [0.4, 0.5) is 0 Å². The molecule has 0 aliphatic rings. The summed E-state index contributed by atoms with van der Waals surface area (Å²) in [6, 6.07) is 5.39. The first kappa shape index (κ1) is 14.0. The third-order valence-electron chi connectivity index (χ3n) is 2.33. The van der Waals surface area contributed by atoms with Crippen molar-refractivity contribution < 1.29 is 14.6 Å². The van der Waals surface area contributed by atoms with Crippen LogP contribution in [0, 0.1) is 0 Å². The molecule has 0 aromatic heterocycles. The normalized spacial score (nSPS) is 12.2. The average molecular weight is 302 g/mol. The van der Waals surface area contributed by atoms with Gasteiger partial charge in [-0.15, -0.1) is 0 Å². The maximum absolute atomic E-state index is 11.0. The second-order valence-electron chi connectivity index (χ2n) is 3.70. The van der Waals surface area contributed by atoms with Gasteiger partial charge in [0.15, 0.2) is 6.10 Å². The van der Waals surface area contributed by atoms with E-state index in [1.807, 2.05) is 19.1 Å². The Labute approximate surface area is 109 Å². The van der Waals surface area contributed by atoms with Gasteiger partial charge in [-0.05, 0) is 40.0 Å². The fourth-order valence-electron chi connectivity index (χ4n) is 1.42. The molecule has 0 aliphatic heterocycles. The molecule has 1 aromatic carbocycles. The first-order valence-corrected chi connectivity index (χ1v) is 6.25. The van der Waals surface area contributed by atoms with Crippen LogP contribution < -0.4 is 10.5 Å². The second-order valence-corrected chi connectivity index (χ2v) is 4.56. The van der Waals surface area contributed by atoms with Gasteiger partial charge in [0.25, 0.3) is 0 Å². The fraction of sp³-hybridized carbons (Fsp3) is 0.417. The van der Waals surface area contributed by atoms with Crippen molar-refractivity contribution in [2.45, 2.75) is 32.4 Å². The molecular weight excluding hydrogens is 286 g/mol. The van der Waals surface area contributed by atoms with Crippen LogP contribution in [-0.2, 0) is 11.3 Å². The Balaban J connectivity index is 2.82. The molecule has 4 nitrogen and oxygen atoms in total. The number of halogens is 1. The minimum atomic E-state index is -0.943. The largest absolute Gasteiger partial charge is 0.479 e. The molecular formula is C12H16BrNO3. The molecule has 3 N–H and O–H groups in total. The standard InChI is InChI=1S/C12H16BrNO3/c1-2-3-11(12(15)16)17-10-5-4-8(7-14)6-9(10)13/h4-6,11H,2-3,7,14H2,1H3,(H,15,16). The summed E-state index contributed by atoms with van der Waals surface area (Å²) in [5, 5.41) is 9.00. The van der Waals surface area contributed by atoms with Gasteiger partial charge in [0.05, 0.1) is 4.47 Å². The number of ether oxygens (including phenoxy) is 1. The first-order valence-electron chi connectivity index (χ1n) is 5.46. The molecule has 1 unspecified atom stereocenters. The highest BCUT2D eigenvalue weighted by Crippen LogP contribution is 2.27. The lowest BCUT2D eigenvalue weighted by atomic mass is 10.2. The van der Waals surface area contributed by atoms with Gasteiger partial charge in [0.1, 0.15) is 5.75 Å². The molecule has 5 heteroatoms. The van der Waals surface area contributed by atoms with Crippen molar-refractivity contribution in [1.82, 2.24) is 0 Å². The van der Waals surface area contributed by atoms with Crippen LogP contribution in [0.1, 0.15) is 25.3 Å². The minimum Gasteiger partial charge on any atom is -0.479 e. The molecule has 0 amide bonds. The monoisotopic (exact) mass is 301 g/mol. The van der Waals surface area contributed by atoms with Crippen LogP contribution >= 0.6 is 15.9 Å². The zero-order chi connectivity index (χ0) is 12.8. The van der Waals surface area contributed by atoms with Crippen LogP contribution in [-0.4, -0.2) is 17.2 Å². The van der Waals surface area contributed by atoms with Crippen molar-refractivity contribution in [2.24, 2.45) is 5.73 Å². The van der Waals surface area contributed by atoms with Crippen molar-refractivity contribution in [2.75, 3.05) is 0 Å². The van der Waals surface area contributed by atoms with E-state index in [0.717, 1.165) is 16.5 Å². The van der Waals surface area contributed by atoms with Gasteiger partial charge in [0.2, 0.25) is 0 Å². The van der Waals surface area contributed by atoms with Crippen LogP contribution in [0.3, 0.4) is 0 Å². The molecule has 0 saturated carbocycles. The van der Waals surface area contributed by atoms with Gasteiger partial charge in [0, 0.05) is 6.54 Å². The van der Waals surface area contributed by atoms with Crippen LogP contribution in [0.2, 0.25) is 0 Å². The van der Waals surface area contributed by atoms with Gasteiger partial charge in [-0.1, -0.05) is 19.4 Å². The molecule has 0 heterocycles. The number of carboxylic acid groups (broad SMARTS) is 1. The van der Waals surface area contributed by atoms with Crippen LogP contribution in [0.15, 0.2) is 22.7 Å². The Morgan fingerprint density at radius 3 is 2.76 bits per heavy atom. The highest BCUT2D eigenvalue weighted by molar-refractivity contribution is 9.10. The summed E-state index contributed by atoms with van der Waals surface area (Å²) in [5.74, 6) is -0.412. The Morgan fingerprint density at radius 2 is 2.29 bits per heavy atom. The second kappa shape index (κ2) is 6.61. The Kier molecular flexibility index (Phi) is 5.44. The van der Waals surface area contributed by atoms with Gasteiger partial charge in [-0.2, -0.15) is 0 Å². The summed E-state index contributed by atoms with van der Waals surface area (Å²) in [7, 11) is 0. The number of carboxylic acids is 1. The summed E-state index contributed by atoms with van der Waals surface area (Å²) in [6.07, 6.45) is 0.440. The number of nitrogens with two attached hydrogens (primary N) is 1. The van der Waals surface area contributed by atoms with Gasteiger partial charge in [-0.3, -0.25) is 0 Å². The van der Waals surface area contributed by atoms with Gasteiger partial charge < -0.3 is 15.6 Å². The van der Waals surface area contributed by atoms with E-state index in [1.54, 1.807) is 6.07 Å². The predicted octanol–water partition coefficient (Wildman–Crippen LogP) is 2.54. The lowest BCUT2D eigenvalue weighted by molar-refractivity contribution is -0.145. The molecule has 0 spiro atoms. The highest BCUT2D eigenvalue weighted by Gasteiger charge is 2.19. The van der Waals surface area contributed by atoms with Crippen LogP contribution in [0.25, 0.3) is 0 Å². The van der Waals surface area contributed by atoms with E-state index in [-0.39, 0.29) is 0 Å². The molecule has 1 atom stereocenters. The summed E-state index contributed by atoms with van der Waals surface area (Å²) in [4.78, 5) is 11.0. The number of carbonyl (C=O) groups is 1. The smallest absolute Gasteiger partial charge is 0.344 e. The summed E-state index contributed by atoms with van der Waals surface area (Å²) < 4.78 is 6.18. The summed E-state index contributed by atoms with van der Waals surface area (Å²) in [6.45, 7) is 2.36. The van der Waals surface area contributed by atoms with Crippen LogP contribution in [0.5, 0.6) is 5.75 Å². The molecule has 0 fully saturated rings. The minimum absolute atomic E-state index is 0.441. The zero-order valence-corrected chi connectivity index (χ0v) is 11.2. The van der Waals surface area contributed by atoms with Gasteiger partial charge in [-0.25, -0.2) is 4.79 Å².